The largest absolute Gasteiger partial charge is 0.0823 e. The quantitative estimate of drug-likeness (QED) is 0.242. The molecule has 0 radical (unpaired) electrons. The molecule has 0 saturated heterocycles. The summed E-state index contributed by atoms with van der Waals surface area (Å²) in [7, 11) is 0. The Hall–Kier alpha value is -0.950. The van der Waals surface area contributed by atoms with Crippen LogP contribution in [0.1, 0.15) is 32.6 Å². The molecule has 0 saturated carbocycles. The van der Waals surface area contributed by atoms with Crippen molar-refractivity contribution in [3.05, 3.63) is 22.7 Å². The first-order valence-electron chi connectivity index (χ1n) is 3.61. The number of azide groups is 1. The lowest BCUT2D eigenvalue weighted by Gasteiger charge is -1.88. The van der Waals surface area contributed by atoms with Crippen molar-refractivity contribution < 1.29 is 0 Å². The van der Waals surface area contributed by atoms with E-state index in [-0.39, 0.29) is 0 Å². The molecule has 3 heteroatoms. The molecule has 0 spiro atoms. The van der Waals surface area contributed by atoms with E-state index < -0.39 is 0 Å². The number of hydrogen-bond acceptors (Lipinski definition) is 1. The van der Waals surface area contributed by atoms with Crippen molar-refractivity contribution >= 4 is 0 Å². The second-order valence-electron chi connectivity index (χ2n) is 2.09. The third kappa shape index (κ3) is 7.05. The van der Waals surface area contributed by atoms with E-state index in [1.165, 1.54) is 25.5 Å². The summed E-state index contributed by atoms with van der Waals surface area (Å²) in [5.41, 5.74) is 7.88. The summed E-state index contributed by atoms with van der Waals surface area (Å²) in [6.45, 7) is 2.16. The van der Waals surface area contributed by atoms with Gasteiger partial charge in [0, 0.05) is 4.91 Å². The van der Waals surface area contributed by atoms with E-state index in [4.69, 9.17) is 5.53 Å². The Kier molecular flexibility index (Phi) is 7.29. The standard InChI is InChI=1S/C7H13N3/c1-2-3-4-5-6-7-9-10-8/h6-7H,2-5H2,1H3/b7-6+. The van der Waals surface area contributed by atoms with Crippen molar-refractivity contribution in [2.45, 2.75) is 32.6 Å². The average molecular weight is 139 g/mol. The summed E-state index contributed by atoms with van der Waals surface area (Å²) in [6.07, 6.45) is 8.10. The maximum Gasteiger partial charge on any atom is 0.00474 e. The summed E-state index contributed by atoms with van der Waals surface area (Å²) in [4.78, 5) is 2.59. The van der Waals surface area contributed by atoms with Gasteiger partial charge in [-0.25, -0.2) is 0 Å². The second-order valence-corrected chi connectivity index (χ2v) is 2.09. The zero-order valence-electron chi connectivity index (χ0n) is 6.32. The predicted molar refractivity (Wildman–Crippen MR) is 42.4 cm³/mol. The van der Waals surface area contributed by atoms with E-state index in [0.717, 1.165) is 6.42 Å². The molecule has 0 bridgehead atoms. The fourth-order valence-electron chi connectivity index (χ4n) is 0.664. The van der Waals surface area contributed by atoms with Gasteiger partial charge in [-0.2, -0.15) is 0 Å². The Morgan fingerprint density at radius 1 is 1.50 bits per heavy atom. The Labute approximate surface area is 61.4 Å². The van der Waals surface area contributed by atoms with E-state index >= 15 is 0 Å². The molecule has 3 nitrogen and oxygen atoms in total. The van der Waals surface area contributed by atoms with Gasteiger partial charge in [0.1, 0.15) is 0 Å². The van der Waals surface area contributed by atoms with Gasteiger partial charge in [-0.1, -0.05) is 31.0 Å². The average Bonchev–Trinajstić information content (AvgIpc) is 1.97. The zero-order valence-corrected chi connectivity index (χ0v) is 6.32. The normalized spacial score (nSPS) is 9.70. The Balaban J connectivity index is 3.10. The molecule has 10 heavy (non-hydrogen) atoms. The lowest BCUT2D eigenvalue weighted by atomic mass is 10.2. The Bertz CT molecular complexity index is 134. The summed E-state index contributed by atoms with van der Waals surface area (Å²) in [5, 5.41) is 3.27. The highest BCUT2D eigenvalue weighted by Gasteiger charge is 1.79. The molecule has 0 aromatic heterocycles. The maximum absolute atomic E-state index is 7.88. The first kappa shape index (κ1) is 9.05. The molecule has 0 fully saturated rings. The number of hydrogen-bond donors (Lipinski definition) is 0. The highest BCUT2D eigenvalue weighted by atomic mass is 15.1. The van der Waals surface area contributed by atoms with Gasteiger partial charge >= 0.3 is 0 Å². The molecule has 0 N–H and O–H groups in total. The molecule has 0 rings (SSSR count). The van der Waals surface area contributed by atoms with Crippen LogP contribution >= 0.6 is 0 Å². The van der Waals surface area contributed by atoms with Crippen LogP contribution in [0.3, 0.4) is 0 Å². The van der Waals surface area contributed by atoms with Gasteiger partial charge in [-0.3, -0.25) is 0 Å². The van der Waals surface area contributed by atoms with Gasteiger partial charge in [-0.05, 0) is 24.6 Å². The second kappa shape index (κ2) is 8.05. The summed E-state index contributed by atoms with van der Waals surface area (Å²) >= 11 is 0. The van der Waals surface area contributed by atoms with E-state index in [1.807, 2.05) is 6.08 Å². The van der Waals surface area contributed by atoms with Gasteiger partial charge in [0.05, 0.1) is 0 Å². The smallest absolute Gasteiger partial charge is 0.00474 e. The zero-order chi connectivity index (χ0) is 7.66. The molecule has 0 aliphatic carbocycles. The monoisotopic (exact) mass is 139 g/mol. The molecular weight excluding hydrogens is 126 g/mol. The number of unbranched alkanes of at least 4 members (excludes halogenated alkanes) is 3. The molecule has 56 valence electrons. The SMILES string of the molecule is CCCCC/C=C/N=[N+]=[N-]. The fourth-order valence-corrected chi connectivity index (χ4v) is 0.664. The van der Waals surface area contributed by atoms with Gasteiger partial charge < -0.3 is 0 Å². The van der Waals surface area contributed by atoms with E-state index in [2.05, 4.69) is 16.9 Å². The fraction of sp³-hybridized carbons (Fsp3) is 0.714. The summed E-state index contributed by atoms with van der Waals surface area (Å²) in [6, 6.07) is 0. The minimum absolute atomic E-state index is 1.02. The van der Waals surface area contributed by atoms with Gasteiger partial charge in [0.15, 0.2) is 0 Å². The van der Waals surface area contributed by atoms with E-state index in [1.54, 1.807) is 0 Å². The molecule has 0 heterocycles. The molecule has 0 aliphatic heterocycles. The highest BCUT2D eigenvalue weighted by molar-refractivity contribution is 4.79. The van der Waals surface area contributed by atoms with Gasteiger partial charge in [-0.15, -0.1) is 0 Å². The molecule has 0 unspecified atom stereocenters. The lowest BCUT2D eigenvalue weighted by Crippen LogP contribution is -1.69. The van der Waals surface area contributed by atoms with Gasteiger partial charge in [0.2, 0.25) is 0 Å². The van der Waals surface area contributed by atoms with Crippen LogP contribution in [0.25, 0.3) is 10.4 Å². The Morgan fingerprint density at radius 2 is 2.30 bits per heavy atom. The van der Waals surface area contributed by atoms with Crippen LogP contribution in [-0.2, 0) is 0 Å². The van der Waals surface area contributed by atoms with Crippen molar-refractivity contribution in [3.63, 3.8) is 0 Å². The first-order valence-corrected chi connectivity index (χ1v) is 3.61. The molecule has 0 aromatic rings. The van der Waals surface area contributed by atoms with Crippen molar-refractivity contribution in [2.24, 2.45) is 5.11 Å². The van der Waals surface area contributed by atoms with Crippen LogP contribution in [0.2, 0.25) is 0 Å². The molecule has 0 amide bonds. The maximum atomic E-state index is 7.88. The Morgan fingerprint density at radius 3 is 2.90 bits per heavy atom. The number of rotatable bonds is 5. The minimum Gasteiger partial charge on any atom is -0.0823 e. The van der Waals surface area contributed by atoms with Crippen molar-refractivity contribution in [1.29, 1.82) is 0 Å². The molecule has 0 atom stereocenters. The summed E-state index contributed by atoms with van der Waals surface area (Å²) in [5.74, 6) is 0. The van der Waals surface area contributed by atoms with Crippen molar-refractivity contribution in [1.82, 2.24) is 0 Å². The van der Waals surface area contributed by atoms with Crippen molar-refractivity contribution in [3.8, 4) is 0 Å². The van der Waals surface area contributed by atoms with Crippen LogP contribution in [0.5, 0.6) is 0 Å². The van der Waals surface area contributed by atoms with Crippen LogP contribution in [-0.4, -0.2) is 0 Å². The van der Waals surface area contributed by atoms with Crippen LogP contribution in [0, 0.1) is 0 Å². The predicted octanol–water partition coefficient (Wildman–Crippen LogP) is 3.39. The number of nitrogens with zero attached hydrogens (tertiary/aromatic N) is 3. The molecule has 0 aromatic carbocycles. The van der Waals surface area contributed by atoms with Crippen molar-refractivity contribution in [2.75, 3.05) is 0 Å². The highest BCUT2D eigenvalue weighted by Crippen LogP contribution is 1.99. The lowest BCUT2D eigenvalue weighted by molar-refractivity contribution is 0.728. The van der Waals surface area contributed by atoms with E-state index in [0.29, 0.717) is 0 Å². The van der Waals surface area contributed by atoms with E-state index in [9.17, 15) is 0 Å². The number of allylic oxidation sites excluding steroid dienone is 1. The summed E-state index contributed by atoms with van der Waals surface area (Å²) < 4.78 is 0. The van der Waals surface area contributed by atoms with Crippen LogP contribution in [0.15, 0.2) is 17.4 Å². The third-order valence-corrected chi connectivity index (χ3v) is 1.20. The first-order chi connectivity index (χ1) is 4.91. The molecule has 0 aliphatic rings. The topological polar surface area (TPSA) is 48.8 Å². The van der Waals surface area contributed by atoms with Crippen LogP contribution < -0.4 is 0 Å². The van der Waals surface area contributed by atoms with Gasteiger partial charge in [0.25, 0.3) is 0 Å². The third-order valence-electron chi connectivity index (χ3n) is 1.20. The minimum atomic E-state index is 1.02. The molecular formula is C7H13N3. The van der Waals surface area contributed by atoms with Crippen LogP contribution in [0.4, 0.5) is 0 Å².